The van der Waals surface area contributed by atoms with Crippen molar-refractivity contribution in [2.75, 3.05) is 0 Å². The quantitative estimate of drug-likeness (QED) is 0.480. The second kappa shape index (κ2) is 7.01. The fraction of sp³-hybridized carbons (Fsp3) is 0.0769. The van der Waals surface area contributed by atoms with Gasteiger partial charge < -0.3 is 14.9 Å². The van der Waals surface area contributed by atoms with Crippen molar-refractivity contribution in [2.24, 2.45) is 0 Å². The summed E-state index contributed by atoms with van der Waals surface area (Å²) in [5.74, 6) is -0.201. The molecule has 0 atom stereocenters. The average Bonchev–Trinajstić information content (AvgIpc) is 2.79. The molecule has 0 aromatic heterocycles. The zero-order chi connectivity index (χ0) is 21.6. The van der Waals surface area contributed by atoms with E-state index in [1.165, 1.54) is 48.5 Å². The number of halogens is 2. The molecule has 1 aliphatic heterocycles. The van der Waals surface area contributed by atoms with Crippen molar-refractivity contribution in [3.63, 3.8) is 0 Å². The van der Waals surface area contributed by atoms with Crippen LogP contribution in [0.3, 0.4) is 0 Å². The molecule has 0 fully saturated rings. The van der Waals surface area contributed by atoms with Crippen LogP contribution in [-0.4, -0.2) is 10.2 Å². The first kappa shape index (κ1) is 19.4. The van der Waals surface area contributed by atoms with E-state index < -0.39 is 22.8 Å². The van der Waals surface area contributed by atoms with E-state index in [9.17, 15) is 19.0 Å². The fourth-order valence-electron chi connectivity index (χ4n) is 4.33. The molecule has 5 rings (SSSR count). The molecule has 31 heavy (non-hydrogen) atoms. The first-order chi connectivity index (χ1) is 14.9. The van der Waals surface area contributed by atoms with Crippen LogP contribution in [-0.2, 0) is 11.2 Å². The predicted octanol–water partition coefficient (Wildman–Crippen LogP) is 5.24. The molecule has 1 aliphatic rings. The summed E-state index contributed by atoms with van der Waals surface area (Å²) in [6, 6.07) is 24.2. The largest absolute Gasteiger partial charge is 0.457 e. The number of fused-ring (bicyclic) bond motifs is 2. The highest BCUT2D eigenvalue weighted by Crippen LogP contribution is 2.56. The second-order valence-corrected chi connectivity index (χ2v) is 7.53. The Morgan fingerprint density at radius 2 is 1.00 bits per heavy atom. The van der Waals surface area contributed by atoms with Crippen LogP contribution >= 0.6 is 0 Å². The molecule has 0 radical (unpaired) electrons. The molecule has 0 unspecified atom stereocenters. The minimum atomic E-state index is -2.09. The maximum atomic E-state index is 13.7. The molecule has 2 N–H and O–H groups in total. The predicted molar refractivity (Wildman–Crippen MR) is 112 cm³/mol. The van der Waals surface area contributed by atoms with E-state index in [0.29, 0.717) is 22.6 Å². The van der Waals surface area contributed by atoms with Crippen molar-refractivity contribution >= 4 is 0 Å². The van der Waals surface area contributed by atoms with Gasteiger partial charge in [-0.1, -0.05) is 60.7 Å². The smallest absolute Gasteiger partial charge is 0.159 e. The summed E-state index contributed by atoms with van der Waals surface area (Å²) in [4.78, 5) is 0. The maximum absolute atomic E-state index is 13.7. The molecule has 4 aromatic rings. The van der Waals surface area contributed by atoms with Gasteiger partial charge in [0.15, 0.2) is 11.2 Å². The summed E-state index contributed by atoms with van der Waals surface area (Å²) < 4.78 is 33.5. The second-order valence-electron chi connectivity index (χ2n) is 7.53. The normalized spacial score (nSPS) is 14.3. The highest BCUT2D eigenvalue weighted by atomic mass is 19.1. The molecule has 3 nitrogen and oxygen atoms in total. The van der Waals surface area contributed by atoms with Crippen LogP contribution in [0.4, 0.5) is 8.78 Å². The van der Waals surface area contributed by atoms with Crippen molar-refractivity contribution in [1.29, 1.82) is 0 Å². The Morgan fingerprint density at radius 1 is 0.613 bits per heavy atom. The van der Waals surface area contributed by atoms with Gasteiger partial charge in [-0.3, -0.25) is 0 Å². The molecule has 0 bridgehead atoms. The first-order valence-corrected chi connectivity index (χ1v) is 9.78. The Labute approximate surface area is 177 Å². The van der Waals surface area contributed by atoms with Crippen LogP contribution in [0, 0.1) is 11.6 Å². The van der Waals surface area contributed by atoms with E-state index >= 15 is 0 Å². The number of hydrogen-bond donors (Lipinski definition) is 2. The van der Waals surface area contributed by atoms with Crippen molar-refractivity contribution in [3.8, 4) is 11.5 Å². The minimum Gasteiger partial charge on any atom is -0.457 e. The molecule has 0 saturated heterocycles. The molecule has 5 heteroatoms. The van der Waals surface area contributed by atoms with Crippen LogP contribution < -0.4 is 4.74 Å². The molecule has 1 heterocycles. The summed E-state index contributed by atoms with van der Waals surface area (Å²) in [5.41, 5.74) is -2.95. The highest BCUT2D eigenvalue weighted by molar-refractivity contribution is 5.61. The van der Waals surface area contributed by atoms with Gasteiger partial charge in [-0.15, -0.1) is 0 Å². The van der Waals surface area contributed by atoms with Crippen molar-refractivity contribution in [3.05, 3.63) is 131 Å². The molecular formula is C26H18F2O3. The third kappa shape index (κ3) is 2.78. The lowest BCUT2D eigenvalue weighted by Crippen LogP contribution is -2.52. The van der Waals surface area contributed by atoms with E-state index in [1.807, 2.05) is 0 Å². The monoisotopic (exact) mass is 416 g/mol. The van der Waals surface area contributed by atoms with E-state index in [2.05, 4.69) is 0 Å². The van der Waals surface area contributed by atoms with Crippen LogP contribution in [0.2, 0.25) is 0 Å². The lowest BCUT2D eigenvalue weighted by atomic mass is 9.65. The molecule has 0 spiro atoms. The number of hydrogen-bond acceptors (Lipinski definition) is 3. The summed E-state index contributed by atoms with van der Waals surface area (Å²) in [6.07, 6.45) is 0. The Kier molecular flexibility index (Phi) is 4.39. The van der Waals surface area contributed by atoms with E-state index in [0.717, 1.165) is 0 Å². The van der Waals surface area contributed by atoms with Crippen molar-refractivity contribution in [1.82, 2.24) is 0 Å². The lowest BCUT2D eigenvalue weighted by Gasteiger charge is -2.47. The average molecular weight is 416 g/mol. The van der Waals surface area contributed by atoms with Gasteiger partial charge in [0.05, 0.1) is 0 Å². The van der Waals surface area contributed by atoms with Crippen molar-refractivity contribution < 1.29 is 23.7 Å². The molecule has 154 valence electrons. The van der Waals surface area contributed by atoms with Gasteiger partial charge in [0, 0.05) is 11.1 Å². The first-order valence-electron chi connectivity index (χ1n) is 9.78. The van der Waals surface area contributed by atoms with E-state index in [4.69, 9.17) is 4.74 Å². The zero-order valence-electron chi connectivity index (χ0n) is 16.3. The van der Waals surface area contributed by atoms with Gasteiger partial charge in [-0.25, -0.2) is 8.78 Å². The Balaban J connectivity index is 1.89. The summed E-state index contributed by atoms with van der Waals surface area (Å²) >= 11 is 0. The third-order valence-electron chi connectivity index (χ3n) is 5.82. The Bertz CT molecular complexity index is 1160. The number of para-hydroxylation sites is 2. The van der Waals surface area contributed by atoms with Crippen LogP contribution in [0.15, 0.2) is 97.1 Å². The molecular weight excluding hydrogens is 398 g/mol. The molecule has 0 aliphatic carbocycles. The van der Waals surface area contributed by atoms with Crippen LogP contribution in [0.5, 0.6) is 11.5 Å². The number of rotatable bonds is 3. The number of aliphatic hydroxyl groups is 2. The lowest BCUT2D eigenvalue weighted by molar-refractivity contribution is -0.117. The van der Waals surface area contributed by atoms with Gasteiger partial charge in [-0.05, 0) is 47.5 Å². The number of ether oxygens (including phenoxy) is 1. The van der Waals surface area contributed by atoms with Crippen LogP contribution in [0.25, 0.3) is 0 Å². The topological polar surface area (TPSA) is 49.7 Å². The molecule has 4 aromatic carbocycles. The van der Waals surface area contributed by atoms with Gasteiger partial charge >= 0.3 is 0 Å². The van der Waals surface area contributed by atoms with Gasteiger partial charge in [0.25, 0.3) is 0 Å². The van der Waals surface area contributed by atoms with Crippen molar-refractivity contribution in [2.45, 2.75) is 11.2 Å². The standard InChI is InChI=1S/C26H18F2O3/c27-19-13-9-17(10-14-19)25(29,18-11-15-20(28)16-12-18)26(30)21-5-1-3-7-23(21)31-24-8-4-2-6-22(24)26/h1-16,29-30H. The summed E-state index contributed by atoms with van der Waals surface area (Å²) in [5, 5.41) is 24.8. The Hall–Kier alpha value is -3.54. The maximum Gasteiger partial charge on any atom is 0.159 e. The minimum absolute atomic E-state index is 0.245. The van der Waals surface area contributed by atoms with E-state index in [1.54, 1.807) is 48.5 Å². The fourth-order valence-corrected chi connectivity index (χ4v) is 4.33. The zero-order valence-corrected chi connectivity index (χ0v) is 16.3. The van der Waals surface area contributed by atoms with Gasteiger partial charge in [-0.2, -0.15) is 0 Å². The third-order valence-corrected chi connectivity index (χ3v) is 5.82. The van der Waals surface area contributed by atoms with Crippen LogP contribution in [0.1, 0.15) is 22.3 Å². The number of benzene rings is 4. The molecule has 0 saturated carbocycles. The highest BCUT2D eigenvalue weighted by Gasteiger charge is 2.58. The molecule has 0 amide bonds. The Morgan fingerprint density at radius 3 is 1.42 bits per heavy atom. The summed E-state index contributed by atoms with van der Waals surface area (Å²) in [6.45, 7) is 0. The van der Waals surface area contributed by atoms with Gasteiger partial charge in [0.2, 0.25) is 0 Å². The summed E-state index contributed by atoms with van der Waals surface area (Å²) in [7, 11) is 0. The SMILES string of the molecule is OC(c1ccc(F)cc1)(c1ccc(F)cc1)C1(O)c2ccccc2Oc2ccccc21. The van der Waals surface area contributed by atoms with Gasteiger partial charge in [0.1, 0.15) is 23.1 Å². The van der Waals surface area contributed by atoms with E-state index in [-0.39, 0.29) is 11.1 Å².